The van der Waals surface area contributed by atoms with Crippen LogP contribution >= 0.6 is 0 Å². The lowest BCUT2D eigenvalue weighted by Gasteiger charge is -2.19. The Morgan fingerprint density at radius 2 is 2.05 bits per heavy atom. The Bertz CT molecular complexity index is 545. The summed E-state index contributed by atoms with van der Waals surface area (Å²) in [5, 5.41) is 11.5. The number of aliphatic carboxylic acids is 1. The minimum Gasteiger partial charge on any atom is -0.480 e. The molecule has 0 fully saturated rings. The third kappa shape index (κ3) is 2.87. The summed E-state index contributed by atoms with van der Waals surface area (Å²) in [5.74, 6) is -1.50. The van der Waals surface area contributed by atoms with Gasteiger partial charge in [0.2, 0.25) is 5.95 Å². The first-order chi connectivity index (χ1) is 9.52. The Balaban J connectivity index is 2.30. The lowest BCUT2D eigenvalue weighted by atomic mass is 9.94. The average Bonchev–Trinajstić information content (AvgIpc) is 2.43. The Kier molecular flexibility index (Phi) is 4.16. The van der Waals surface area contributed by atoms with E-state index in [1.54, 1.807) is 6.92 Å². The molecule has 1 amide bonds. The number of carbonyl (C=O) groups excluding carboxylic acids is 1. The van der Waals surface area contributed by atoms with Crippen molar-refractivity contribution in [2.24, 2.45) is 0 Å². The molecule has 0 aromatic carbocycles. The molecule has 0 saturated carbocycles. The third-order valence-electron chi connectivity index (χ3n) is 3.43. The zero-order valence-electron chi connectivity index (χ0n) is 11.3. The summed E-state index contributed by atoms with van der Waals surface area (Å²) in [6, 6.07) is -0.919. The zero-order valence-corrected chi connectivity index (χ0v) is 11.3. The molecule has 0 bridgehead atoms. The summed E-state index contributed by atoms with van der Waals surface area (Å²) in [4.78, 5) is 31.4. The fourth-order valence-electron chi connectivity index (χ4n) is 2.37. The Morgan fingerprint density at radius 3 is 2.70 bits per heavy atom. The summed E-state index contributed by atoms with van der Waals surface area (Å²) in [6.07, 6.45) is 3.79. The molecular weight excluding hydrogens is 260 g/mol. The number of amides is 1. The number of fused-ring (bicyclic) bond motifs is 1. The number of hydrogen-bond donors (Lipinski definition) is 3. The maximum atomic E-state index is 12.2. The Morgan fingerprint density at radius 1 is 1.35 bits per heavy atom. The molecule has 1 aliphatic carbocycles. The minimum atomic E-state index is -1.06. The number of anilines is 1. The molecule has 108 valence electrons. The van der Waals surface area contributed by atoms with Crippen LogP contribution in [0.4, 0.5) is 5.95 Å². The van der Waals surface area contributed by atoms with Crippen molar-refractivity contribution < 1.29 is 14.7 Å². The summed E-state index contributed by atoms with van der Waals surface area (Å²) < 4.78 is 0. The molecule has 4 N–H and O–H groups in total. The lowest BCUT2D eigenvalue weighted by Crippen LogP contribution is -2.41. The molecule has 0 spiro atoms. The number of nitrogens with zero attached hydrogens (tertiary/aromatic N) is 2. The molecule has 0 saturated heterocycles. The molecule has 7 nitrogen and oxygen atoms in total. The van der Waals surface area contributed by atoms with Crippen LogP contribution < -0.4 is 11.1 Å². The highest BCUT2D eigenvalue weighted by Crippen LogP contribution is 2.22. The van der Waals surface area contributed by atoms with E-state index in [1.165, 1.54) is 0 Å². The van der Waals surface area contributed by atoms with Crippen molar-refractivity contribution in [3.8, 4) is 0 Å². The second-order valence-corrected chi connectivity index (χ2v) is 4.84. The number of aromatic nitrogens is 2. The van der Waals surface area contributed by atoms with E-state index in [0.29, 0.717) is 6.42 Å². The zero-order chi connectivity index (χ0) is 14.7. The molecule has 0 aliphatic heterocycles. The predicted octanol–water partition coefficient (Wildman–Crippen LogP) is 0.531. The SMILES string of the molecule is CC[C@H](NC(=O)c1nc(N)nc2c1CCCC2)C(=O)O. The van der Waals surface area contributed by atoms with Gasteiger partial charge in [-0.3, -0.25) is 4.79 Å². The van der Waals surface area contributed by atoms with Crippen molar-refractivity contribution in [2.75, 3.05) is 5.73 Å². The summed E-state index contributed by atoms with van der Waals surface area (Å²) >= 11 is 0. The van der Waals surface area contributed by atoms with Crippen LogP contribution in [0, 0.1) is 0 Å². The topological polar surface area (TPSA) is 118 Å². The number of rotatable bonds is 4. The van der Waals surface area contributed by atoms with E-state index in [9.17, 15) is 9.59 Å². The van der Waals surface area contributed by atoms with Gasteiger partial charge in [0.05, 0.1) is 0 Å². The van der Waals surface area contributed by atoms with Crippen LogP contribution in [0.2, 0.25) is 0 Å². The van der Waals surface area contributed by atoms with Gasteiger partial charge in [0.15, 0.2) is 0 Å². The van der Waals surface area contributed by atoms with Crippen molar-refractivity contribution in [1.29, 1.82) is 0 Å². The molecule has 2 rings (SSSR count). The second-order valence-electron chi connectivity index (χ2n) is 4.84. The first-order valence-corrected chi connectivity index (χ1v) is 6.71. The van der Waals surface area contributed by atoms with Gasteiger partial charge in [-0.25, -0.2) is 14.8 Å². The van der Waals surface area contributed by atoms with Gasteiger partial charge in [0, 0.05) is 11.3 Å². The van der Waals surface area contributed by atoms with Gasteiger partial charge in [0.1, 0.15) is 11.7 Å². The maximum absolute atomic E-state index is 12.2. The molecule has 20 heavy (non-hydrogen) atoms. The number of nitrogen functional groups attached to an aromatic ring is 1. The number of nitrogens with two attached hydrogens (primary N) is 1. The van der Waals surface area contributed by atoms with Crippen LogP contribution in [0.25, 0.3) is 0 Å². The minimum absolute atomic E-state index is 0.0548. The van der Waals surface area contributed by atoms with Crippen molar-refractivity contribution in [1.82, 2.24) is 15.3 Å². The molecule has 1 atom stereocenters. The van der Waals surface area contributed by atoms with Crippen LogP contribution in [0.15, 0.2) is 0 Å². The molecule has 1 heterocycles. The van der Waals surface area contributed by atoms with Gasteiger partial charge in [0.25, 0.3) is 5.91 Å². The number of hydrogen-bond acceptors (Lipinski definition) is 5. The molecular formula is C13H18N4O3. The number of carboxylic acids is 1. The van der Waals surface area contributed by atoms with Gasteiger partial charge < -0.3 is 16.2 Å². The quantitative estimate of drug-likeness (QED) is 0.739. The van der Waals surface area contributed by atoms with Gasteiger partial charge >= 0.3 is 5.97 Å². The van der Waals surface area contributed by atoms with E-state index in [-0.39, 0.29) is 11.6 Å². The lowest BCUT2D eigenvalue weighted by molar-refractivity contribution is -0.139. The van der Waals surface area contributed by atoms with Gasteiger partial charge in [-0.15, -0.1) is 0 Å². The van der Waals surface area contributed by atoms with Crippen LogP contribution in [-0.4, -0.2) is 33.0 Å². The third-order valence-corrected chi connectivity index (χ3v) is 3.43. The average molecular weight is 278 g/mol. The second kappa shape index (κ2) is 5.85. The van der Waals surface area contributed by atoms with E-state index < -0.39 is 17.9 Å². The first-order valence-electron chi connectivity index (χ1n) is 6.71. The van der Waals surface area contributed by atoms with Gasteiger partial charge in [-0.1, -0.05) is 6.92 Å². The van der Waals surface area contributed by atoms with Crippen LogP contribution in [0.5, 0.6) is 0 Å². The van der Waals surface area contributed by atoms with Crippen molar-refractivity contribution >= 4 is 17.8 Å². The van der Waals surface area contributed by atoms with Crippen LogP contribution in [0.1, 0.15) is 47.9 Å². The van der Waals surface area contributed by atoms with Crippen molar-refractivity contribution in [2.45, 2.75) is 45.1 Å². The highest BCUT2D eigenvalue weighted by Gasteiger charge is 2.25. The number of carboxylic acid groups (broad SMARTS) is 1. The van der Waals surface area contributed by atoms with E-state index in [0.717, 1.165) is 36.9 Å². The van der Waals surface area contributed by atoms with Gasteiger partial charge in [-0.05, 0) is 32.1 Å². The molecule has 1 aromatic heterocycles. The molecule has 1 aliphatic rings. The fourth-order valence-corrected chi connectivity index (χ4v) is 2.37. The largest absolute Gasteiger partial charge is 0.480 e. The number of aryl methyl sites for hydroxylation is 1. The van der Waals surface area contributed by atoms with E-state index in [4.69, 9.17) is 10.8 Å². The highest BCUT2D eigenvalue weighted by molar-refractivity contribution is 5.96. The molecule has 0 unspecified atom stereocenters. The van der Waals surface area contributed by atoms with Crippen LogP contribution in [0.3, 0.4) is 0 Å². The molecule has 7 heteroatoms. The monoisotopic (exact) mass is 278 g/mol. The standard InChI is InChI=1S/C13H18N4O3/c1-2-8(12(19)20)15-11(18)10-7-5-3-4-6-9(7)16-13(14)17-10/h8H,2-6H2,1H3,(H,15,18)(H,19,20)(H2,14,16,17)/t8-/m0/s1. The first kappa shape index (κ1) is 14.2. The highest BCUT2D eigenvalue weighted by atomic mass is 16.4. The maximum Gasteiger partial charge on any atom is 0.326 e. The van der Waals surface area contributed by atoms with E-state index in [1.807, 2.05) is 0 Å². The van der Waals surface area contributed by atoms with Crippen molar-refractivity contribution in [3.05, 3.63) is 17.0 Å². The summed E-state index contributed by atoms with van der Waals surface area (Å²) in [7, 11) is 0. The van der Waals surface area contributed by atoms with E-state index >= 15 is 0 Å². The summed E-state index contributed by atoms with van der Waals surface area (Å²) in [5.41, 5.74) is 7.44. The molecule has 1 aromatic rings. The Hall–Kier alpha value is -2.18. The number of nitrogens with one attached hydrogen (secondary N) is 1. The summed E-state index contributed by atoms with van der Waals surface area (Å²) in [6.45, 7) is 1.70. The smallest absolute Gasteiger partial charge is 0.326 e. The fraction of sp³-hybridized carbons (Fsp3) is 0.538. The van der Waals surface area contributed by atoms with Gasteiger partial charge in [-0.2, -0.15) is 0 Å². The predicted molar refractivity (Wildman–Crippen MR) is 72.3 cm³/mol. The van der Waals surface area contributed by atoms with Crippen LogP contribution in [-0.2, 0) is 17.6 Å². The Labute approximate surface area is 116 Å². The normalized spacial score (nSPS) is 15.2. The van der Waals surface area contributed by atoms with Crippen molar-refractivity contribution in [3.63, 3.8) is 0 Å². The van der Waals surface area contributed by atoms with E-state index in [2.05, 4.69) is 15.3 Å². The number of carbonyl (C=O) groups is 2. The molecule has 0 radical (unpaired) electrons.